The maximum Gasteiger partial charge on any atom is 0.396 e. The topological polar surface area (TPSA) is 50.2 Å². The molecule has 0 bridgehead atoms. The number of alkyl halides is 3. The highest BCUT2D eigenvalue weighted by Crippen LogP contribution is 2.39. The van der Waals surface area contributed by atoms with E-state index >= 15 is 0 Å². The summed E-state index contributed by atoms with van der Waals surface area (Å²) in [7, 11) is 0. The van der Waals surface area contributed by atoms with Gasteiger partial charge in [-0.05, 0) is 13.0 Å². The highest BCUT2D eigenvalue weighted by Gasteiger charge is 2.43. The van der Waals surface area contributed by atoms with E-state index < -0.39 is 24.5 Å². The lowest BCUT2D eigenvalue weighted by Crippen LogP contribution is -2.24. The number of carboxylic acid groups (broad SMARTS) is 1. The van der Waals surface area contributed by atoms with E-state index in [-0.39, 0.29) is 10.7 Å². The second-order valence-corrected chi connectivity index (χ2v) is 3.88. The van der Waals surface area contributed by atoms with E-state index in [0.717, 1.165) is 6.07 Å². The summed E-state index contributed by atoms with van der Waals surface area (Å²) >= 11 is 5.61. The van der Waals surface area contributed by atoms with E-state index in [0.29, 0.717) is 5.69 Å². The number of hydrogen-bond acceptors (Lipinski definition) is 2. The second-order valence-electron chi connectivity index (χ2n) is 3.52. The summed E-state index contributed by atoms with van der Waals surface area (Å²) < 4.78 is 38.1. The molecule has 1 heterocycles. The van der Waals surface area contributed by atoms with Crippen LogP contribution in [0.25, 0.3) is 0 Å². The first-order valence-corrected chi connectivity index (χ1v) is 5.01. The third kappa shape index (κ3) is 3.59. The zero-order chi connectivity index (χ0) is 13.2. The largest absolute Gasteiger partial charge is 0.481 e. The Morgan fingerprint density at radius 1 is 1.53 bits per heavy atom. The summed E-state index contributed by atoms with van der Waals surface area (Å²) in [6, 6.07) is 2.52. The van der Waals surface area contributed by atoms with E-state index in [2.05, 4.69) is 4.98 Å². The summed E-state index contributed by atoms with van der Waals surface area (Å²) in [5.74, 6) is -3.68. The number of nitrogens with zero attached hydrogens (tertiary/aromatic N) is 1. The summed E-state index contributed by atoms with van der Waals surface area (Å²) in [6.45, 7) is 1.58. The molecule has 1 aromatic rings. The van der Waals surface area contributed by atoms with Crippen LogP contribution >= 0.6 is 11.6 Å². The number of carbonyl (C=O) groups is 1. The van der Waals surface area contributed by atoms with Crippen molar-refractivity contribution in [3.05, 3.63) is 28.5 Å². The third-order valence-corrected chi connectivity index (χ3v) is 2.47. The smallest absolute Gasteiger partial charge is 0.396 e. The zero-order valence-electron chi connectivity index (χ0n) is 8.75. The van der Waals surface area contributed by atoms with Gasteiger partial charge in [0.25, 0.3) is 0 Å². The molecule has 1 N–H and O–H groups in total. The molecule has 0 radical (unpaired) electrons. The summed E-state index contributed by atoms with van der Waals surface area (Å²) in [5, 5.41) is 8.18. The standard InChI is InChI=1S/C10H9ClF3NO2/c1-5-2-3-6(9(11)15-5)7(4-8(16)17)10(12,13)14/h2-3,7H,4H2,1H3,(H,16,17). The minimum Gasteiger partial charge on any atom is -0.481 e. The fourth-order valence-corrected chi connectivity index (χ4v) is 1.70. The Labute approximate surface area is 100 Å². The second kappa shape index (κ2) is 4.91. The van der Waals surface area contributed by atoms with Crippen LogP contribution in [0.2, 0.25) is 5.15 Å². The molecular weight excluding hydrogens is 259 g/mol. The molecule has 1 atom stereocenters. The van der Waals surface area contributed by atoms with Crippen LogP contribution in [0.5, 0.6) is 0 Å². The average molecular weight is 268 g/mol. The van der Waals surface area contributed by atoms with Crippen molar-refractivity contribution in [2.75, 3.05) is 0 Å². The zero-order valence-corrected chi connectivity index (χ0v) is 9.51. The van der Waals surface area contributed by atoms with Crippen LogP contribution in [-0.2, 0) is 4.79 Å². The molecule has 94 valence electrons. The minimum absolute atomic E-state index is 0.312. The van der Waals surface area contributed by atoms with Crippen molar-refractivity contribution in [1.82, 2.24) is 4.98 Å². The summed E-state index contributed by atoms with van der Waals surface area (Å²) in [6.07, 6.45) is -5.73. The number of halogens is 4. The van der Waals surface area contributed by atoms with E-state index in [4.69, 9.17) is 16.7 Å². The molecule has 1 aromatic heterocycles. The Kier molecular flexibility index (Phi) is 3.98. The lowest BCUT2D eigenvalue weighted by Gasteiger charge is -2.19. The lowest BCUT2D eigenvalue weighted by molar-refractivity contribution is -0.163. The Morgan fingerprint density at radius 3 is 2.53 bits per heavy atom. The maximum absolute atomic E-state index is 12.7. The van der Waals surface area contributed by atoms with Crippen molar-refractivity contribution in [2.24, 2.45) is 0 Å². The van der Waals surface area contributed by atoms with Gasteiger partial charge in [-0.25, -0.2) is 4.98 Å². The molecule has 0 aromatic carbocycles. The van der Waals surface area contributed by atoms with Gasteiger partial charge >= 0.3 is 12.1 Å². The Balaban J connectivity index is 3.17. The van der Waals surface area contributed by atoms with Crippen molar-refractivity contribution < 1.29 is 23.1 Å². The van der Waals surface area contributed by atoms with Gasteiger partial charge in [0.05, 0.1) is 12.3 Å². The van der Waals surface area contributed by atoms with Gasteiger partial charge in [-0.3, -0.25) is 4.79 Å². The molecule has 0 aliphatic rings. The number of aromatic nitrogens is 1. The van der Waals surface area contributed by atoms with Gasteiger partial charge in [-0.1, -0.05) is 17.7 Å². The van der Waals surface area contributed by atoms with Gasteiger partial charge < -0.3 is 5.11 Å². The van der Waals surface area contributed by atoms with Crippen molar-refractivity contribution in [2.45, 2.75) is 25.4 Å². The maximum atomic E-state index is 12.7. The Bertz CT molecular complexity index is 434. The quantitative estimate of drug-likeness (QED) is 0.856. The van der Waals surface area contributed by atoms with Gasteiger partial charge in [0, 0.05) is 11.3 Å². The fourth-order valence-electron chi connectivity index (χ4n) is 1.37. The summed E-state index contributed by atoms with van der Waals surface area (Å²) in [5.41, 5.74) is 0.155. The van der Waals surface area contributed by atoms with Crippen molar-refractivity contribution in [1.29, 1.82) is 0 Å². The number of aryl methyl sites for hydroxylation is 1. The molecule has 3 nitrogen and oxygen atoms in total. The number of pyridine rings is 1. The van der Waals surface area contributed by atoms with Crippen LogP contribution in [-0.4, -0.2) is 22.2 Å². The normalized spacial score (nSPS) is 13.5. The third-order valence-electron chi connectivity index (χ3n) is 2.17. The van der Waals surface area contributed by atoms with E-state index in [1.54, 1.807) is 6.92 Å². The molecule has 0 spiro atoms. The average Bonchev–Trinajstić information content (AvgIpc) is 2.13. The number of aliphatic carboxylic acids is 1. The highest BCUT2D eigenvalue weighted by molar-refractivity contribution is 6.30. The molecule has 0 fully saturated rings. The van der Waals surface area contributed by atoms with Crippen LogP contribution in [0.15, 0.2) is 12.1 Å². The van der Waals surface area contributed by atoms with Crippen molar-refractivity contribution >= 4 is 17.6 Å². The van der Waals surface area contributed by atoms with Gasteiger partial charge in [0.1, 0.15) is 5.15 Å². The van der Waals surface area contributed by atoms with Crippen LogP contribution in [0.3, 0.4) is 0 Å². The van der Waals surface area contributed by atoms with Crippen molar-refractivity contribution in [3.63, 3.8) is 0 Å². The summed E-state index contributed by atoms with van der Waals surface area (Å²) in [4.78, 5) is 14.1. The molecule has 17 heavy (non-hydrogen) atoms. The molecule has 0 amide bonds. The van der Waals surface area contributed by atoms with E-state index in [9.17, 15) is 18.0 Å². The number of rotatable bonds is 3. The lowest BCUT2D eigenvalue weighted by atomic mass is 9.96. The van der Waals surface area contributed by atoms with Gasteiger partial charge in [-0.2, -0.15) is 13.2 Å². The monoisotopic (exact) mass is 267 g/mol. The molecule has 1 unspecified atom stereocenters. The molecule has 0 saturated carbocycles. The first-order chi connectivity index (χ1) is 7.71. The van der Waals surface area contributed by atoms with Gasteiger partial charge in [0.15, 0.2) is 0 Å². The SMILES string of the molecule is Cc1ccc(C(CC(=O)O)C(F)(F)F)c(Cl)n1. The van der Waals surface area contributed by atoms with Crippen molar-refractivity contribution in [3.8, 4) is 0 Å². The minimum atomic E-state index is -4.67. The Morgan fingerprint density at radius 2 is 2.12 bits per heavy atom. The molecular formula is C10H9ClF3NO2. The number of carboxylic acids is 1. The highest BCUT2D eigenvalue weighted by atomic mass is 35.5. The predicted molar refractivity (Wildman–Crippen MR) is 55.0 cm³/mol. The Hall–Kier alpha value is -1.30. The van der Waals surface area contributed by atoms with Crippen LogP contribution < -0.4 is 0 Å². The van der Waals surface area contributed by atoms with Gasteiger partial charge in [-0.15, -0.1) is 0 Å². The molecule has 0 aliphatic heterocycles. The first kappa shape index (κ1) is 13.8. The first-order valence-electron chi connectivity index (χ1n) is 4.63. The van der Waals surface area contributed by atoms with E-state index in [1.165, 1.54) is 6.07 Å². The molecule has 0 saturated heterocycles. The molecule has 0 aliphatic carbocycles. The number of hydrogen-bond donors (Lipinski definition) is 1. The van der Waals surface area contributed by atoms with Crippen LogP contribution in [0, 0.1) is 6.92 Å². The molecule has 1 rings (SSSR count). The predicted octanol–water partition coefficient (Wildman–Crippen LogP) is 3.16. The van der Waals surface area contributed by atoms with Crippen LogP contribution in [0.1, 0.15) is 23.6 Å². The van der Waals surface area contributed by atoms with Gasteiger partial charge in [0.2, 0.25) is 0 Å². The van der Waals surface area contributed by atoms with E-state index in [1.807, 2.05) is 0 Å². The molecule has 7 heteroatoms. The fraction of sp³-hybridized carbons (Fsp3) is 0.400. The van der Waals surface area contributed by atoms with Crippen LogP contribution in [0.4, 0.5) is 13.2 Å².